The van der Waals surface area contributed by atoms with E-state index in [0.29, 0.717) is 28.6 Å². The highest BCUT2D eigenvalue weighted by atomic mass is 16.3. The molecule has 0 saturated heterocycles. The molecule has 2 aromatic rings. The number of nitrogens with one attached hydrogen (secondary N) is 1. The number of anilines is 1. The van der Waals surface area contributed by atoms with Crippen LogP contribution in [0.5, 0.6) is 0 Å². The molecule has 0 spiro atoms. The normalized spacial score (nSPS) is 9.75. The second kappa shape index (κ2) is 6.04. The van der Waals surface area contributed by atoms with Crippen LogP contribution in [0.25, 0.3) is 0 Å². The molecule has 20 heavy (non-hydrogen) atoms. The summed E-state index contributed by atoms with van der Waals surface area (Å²) in [4.78, 5) is 16.3. The minimum absolute atomic E-state index is 0.230. The molecule has 2 heterocycles. The second-order valence-corrected chi connectivity index (χ2v) is 4.15. The molecule has 1 amide bonds. The first kappa shape index (κ1) is 13.8. The van der Waals surface area contributed by atoms with Gasteiger partial charge in [0.2, 0.25) is 0 Å². The van der Waals surface area contributed by atoms with E-state index in [0.717, 1.165) is 0 Å². The lowest BCUT2D eigenvalue weighted by Gasteiger charge is -2.03. The minimum atomic E-state index is -0.279. The van der Waals surface area contributed by atoms with Gasteiger partial charge >= 0.3 is 0 Å². The number of hydrogen-bond acceptors (Lipinski definition) is 4. The summed E-state index contributed by atoms with van der Waals surface area (Å²) < 4.78 is 5.32. The van der Waals surface area contributed by atoms with E-state index >= 15 is 0 Å². The Bertz CT molecular complexity index is 693. The first-order chi connectivity index (χ1) is 9.60. The van der Waals surface area contributed by atoms with E-state index in [9.17, 15) is 4.79 Å². The van der Waals surface area contributed by atoms with Gasteiger partial charge in [-0.1, -0.05) is 12.0 Å². The van der Waals surface area contributed by atoms with E-state index in [4.69, 9.17) is 9.52 Å². The van der Waals surface area contributed by atoms with E-state index in [1.54, 1.807) is 38.1 Å². The van der Waals surface area contributed by atoms with E-state index in [1.165, 1.54) is 0 Å². The van der Waals surface area contributed by atoms with Crippen molar-refractivity contribution in [1.29, 1.82) is 0 Å². The van der Waals surface area contributed by atoms with Crippen molar-refractivity contribution in [1.82, 2.24) is 4.98 Å². The highest BCUT2D eigenvalue weighted by Crippen LogP contribution is 2.15. The van der Waals surface area contributed by atoms with Gasteiger partial charge in [0.15, 0.2) is 0 Å². The summed E-state index contributed by atoms with van der Waals surface area (Å²) in [6, 6.07) is 6.79. The standard InChI is InChI=1S/C15H14N2O3/c1-10-9-13(11(2)20-10)15(19)17-14-7-3-5-12(16-14)6-4-8-18/h3,5,7,9,18H,8H2,1-2H3,(H,16,17,19). The first-order valence-corrected chi connectivity index (χ1v) is 6.05. The Kier molecular flexibility index (Phi) is 4.18. The van der Waals surface area contributed by atoms with Crippen LogP contribution in [0.15, 0.2) is 28.7 Å². The van der Waals surface area contributed by atoms with Crippen LogP contribution in [0.1, 0.15) is 27.6 Å². The van der Waals surface area contributed by atoms with Gasteiger partial charge in [-0.3, -0.25) is 4.79 Å². The molecular formula is C15H14N2O3. The van der Waals surface area contributed by atoms with Gasteiger partial charge in [0.25, 0.3) is 5.91 Å². The highest BCUT2D eigenvalue weighted by Gasteiger charge is 2.13. The number of aromatic nitrogens is 1. The number of hydrogen-bond donors (Lipinski definition) is 2. The Morgan fingerprint density at radius 3 is 2.90 bits per heavy atom. The topological polar surface area (TPSA) is 75.4 Å². The van der Waals surface area contributed by atoms with Gasteiger partial charge in [0.1, 0.15) is 29.6 Å². The Balaban J connectivity index is 2.17. The molecule has 0 bridgehead atoms. The monoisotopic (exact) mass is 270 g/mol. The summed E-state index contributed by atoms with van der Waals surface area (Å²) in [6.45, 7) is 3.29. The van der Waals surface area contributed by atoms with Crippen molar-refractivity contribution in [3.05, 3.63) is 47.0 Å². The third-order valence-electron chi connectivity index (χ3n) is 2.57. The number of amides is 1. The molecular weight excluding hydrogens is 256 g/mol. The van der Waals surface area contributed by atoms with E-state index in [2.05, 4.69) is 22.1 Å². The smallest absolute Gasteiger partial charge is 0.260 e. The summed E-state index contributed by atoms with van der Waals surface area (Å²) in [5.41, 5.74) is 0.966. The fourth-order valence-electron chi connectivity index (χ4n) is 1.74. The Morgan fingerprint density at radius 1 is 1.45 bits per heavy atom. The third kappa shape index (κ3) is 3.25. The zero-order chi connectivity index (χ0) is 14.5. The fourth-order valence-corrected chi connectivity index (χ4v) is 1.74. The van der Waals surface area contributed by atoms with E-state index < -0.39 is 0 Å². The molecule has 5 nitrogen and oxygen atoms in total. The number of rotatable bonds is 2. The average Bonchev–Trinajstić information content (AvgIpc) is 2.76. The third-order valence-corrected chi connectivity index (χ3v) is 2.57. The van der Waals surface area contributed by atoms with Crippen molar-refractivity contribution >= 4 is 11.7 Å². The molecule has 0 aromatic carbocycles. The highest BCUT2D eigenvalue weighted by molar-refractivity contribution is 6.04. The number of nitrogens with zero attached hydrogens (tertiary/aromatic N) is 1. The van der Waals surface area contributed by atoms with Crippen LogP contribution in [-0.4, -0.2) is 22.6 Å². The second-order valence-electron chi connectivity index (χ2n) is 4.15. The molecule has 2 N–H and O–H groups in total. The predicted octanol–water partition coefficient (Wildman–Crippen LogP) is 1.89. The molecule has 2 aromatic heterocycles. The molecule has 0 aliphatic heterocycles. The maximum Gasteiger partial charge on any atom is 0.260 e. The van der Waals surface area contributed by atoms with Crippen LogP contribution in [0.2, 0.25) is 0 Å². The van der Waals surface area contributed by atoms with Crippen LogP contribution in [-0.2, 0) is 0 Å². The van der Waals surface area contributed by atoms with Crippen molar-refractivity contribution < 1.29 is 14.3 Å². The van der Waals surface area contributed by atoms with Crippen LogP contribution in [0.4, 0.5) is 5.82 Å². The molecule has 0 fully saturated rings. The number of pyridine rings is 1. The lowest BCUT2D eigenvalue weighted by Crippen LogP contribution is -2.13. The molecule has 0 aliphatic carbocycles. The fraction of sp³-hybridized carbons (Fsp3) is 0.200. The average molecular weight is 270 g/mol. The number of furan rings is 1. The molecule has 0 aliphatic rings. The quantitative estimate of drug-likeness (QED) is 0.817. The van der Waals surface area contributed by atoms with Crippen molar-refractivity contribution in [2.75, 3.05) is 11.9 Å². The molecule has 102 valence electrons. The molecule has 0 unspecified atom stereocenters. The number of aliphatic hydroxyl groups excluding tert-OH is 1. The summed E-state index contributed by atoms with van der Waals surface area (Å²) >= 11 is 0. The summed E-state index contributed by atoms with van der Waals surface area (Å²) in [5.74, 6) is 6.56. The van der Waals surface area contributed by atoms with Gasteiger partial charge in [0.05, 0.1) is 5.56 Å². The van der Waals surface area contributed by atoms with E-state index in [1.807, 2.05) is 0 Å². The number of aryl methyl sites for hydroxylation is 2. The van der Waals surface area contributed by atoms with Crippen molar-refractivity contribution in [2.24, 2.45) is 0 Å². The maximum absolute atomic E-state index is 12.1. The summed E-state index contributed by atoms with van der Waals surface area (Å²) in [6.07, 6.45) is 0. The van der Waals surface area contributed by atoms with Gasteiger partial charge in [-0.05, 0) is 38.0 Å². The van der Waals surface area contributed by atoms with Crippen LogP contribution >= 0.6 is 0 Å². The van der Waals surface area contributed by atoms with Gasteiger partial charge in [-0.25, -0.2) is 4.98 Å². The van der Waals surface area contributed by atoms with Gasteiger partial charge < -0.3 is 14.8 Å². The largest absolute Gasteiger partial charge is 0.466 e. The van der Waals surface area contributed by atoms with Crippen LogP contribution in [0, 0.1) is 25.7 Å². The van der Waals surface area contributed by atoms with Gasteiger partial charge in [0, 0.05) is 0 Å². The molecule has 0 saturated carbocycles. The van der Waals surface area contributed by atoms with Crippen molar-refractivity contribution in [3.63, 3.8) is 0 Å². The van der Waals surface area contributed by atoms with Crippen LogP contribution < -0.4 is 5.32 Å². The van der Waals surface area contributed by atoms with E-state index in [-0.39, 0.29) is 12.5 Å². The summed E-state index contributed by atoms with van der Waals surface area (Å²) in [5, 5.41) is 11.3. The minimum Gasteiger partial charge on any atom is -0.466 e. The van der Waals surface area contributed by atoms with Gasteiger partial charge in [-0.15, -0.1) is 0 Å². The van der Waals surface area contributed by atoms with Crippen molar-refractivity contribution in [2.45, 2.75) is 13.8 Å². The predicted molar refractivity (Wildman–Crippen MR) is 74.3 cm³/mol. The maximum atomic E-state index is 12.1. The zero-order valence-corrected chi connectivity index (χ0v) is 11.2. The molecule has 0 atom stereocenters. The Hall–Kier alpha value is -2.58. The Morgan fingerprint density at radius 2 is 2.25 bits per heavy atom. The number of carbonyl (C=O) groups excluding carboxylic acids is 1. The van der Waals surface area contributed by atoms with Gasteiger partial charge in [-0.2, -0.15) is 0 Å². The Labute approximate surface area is 116 Å². The first-order valence-electron chi connectivity index (χ1n) is 6.05. The molecule has 0 radical (unpaired) electrons. The molecule has 5 heteroatoms. The zero-order valence-electron chi connectivity index (χ0n) is 11.2. The molecule has 2 rings (SSSR count). The van der Waals surface area contributed by atoms with Crippen LogP contribution in [0.3, 0.4) is 0 Å². The lowest BCUT2D eigenvalue weighted by molar-refractivity contribution is 0.102. The summed E-state index contributed by atoms with van der Waals surface area (Å²) in [7, 11) is 0. The number of aliphatic hydroxyl groups is 1. The SMILES string of the molecule is Cc1cc(C(=O)Nc2cccc(C#CCO)n2)c(C)o1. The number of carbonyl (C=O) groups is 1. The lowest BCUT2D eigenvalue weighted by atomic mass is 10.2. The van der Waals surface area contributed by atoms with Crippen molar-refractivity contribution in [3.8, 4) is 11.8 Å².